The van der Waals surface area contributed by atoms with Crippen LogP contribution in [0.1, 0.15) is 36.1 Å². The molecule has 1 saturated heterocycles. The Labute approximate surface area is 195 Å². The molecular formula is C29H29N3O. The van der Waals surface area contributed by atoms with Crippen LogP contribution in [0.3, 0.4) is 0 Å². The molecule has 2 heterocycles. The summed E-state index contributed by atoms with van der Waals surface area (Å²) in [7, 11) is 0. The van der Waals surface area contributed by atoms with Crippen molar-refractivity contribution in [1.29, 1.82) is 0 Å². The SMILES string of the molecule is O=c1[nH]c(-c2ccccc2)c(-c2ccc(CN3CCCCC3)cc2)nc1Cc1ccccc1. The van der Waals surface area contributed by atoms with E-state index in [9.17, 15) is 4.79 Å². The van der Waals surface area contributed by atoms with Gasteiger partial charge in [-0.25, -0.2) is 4.98 Å². The first-order valence-electron chi connectivity index (χ1n) is 11.8. The first kappa shape index (κ1) is 21.4. The topological polar surface area (TPSA) is 49.0 Å². The maximum atomic E-state index is 13.0. The zero-order valence-electron chi connectivity index (χ0n) is 18.8. The predicted molar refractivity (Wildman–Crippen MR) is 134 cm³/mol. The Hall–Kier alpha value is -3.50. The minimum absolute atomic E-state index is 0.136. The number of hydrogen-bond acceptors (Lipinski definition) is 3. The Kier molecular flexibility index (Phi) is 6.45. The molecule has 1 aromatic heterocycles. The summed E-state index contributed by atoms with van der Waals surface area (Å²) in [6.45, 7) is 3.36. The molecule has 33 heavy (non-hydrogen) atoms. The van der Waals surface area contributed by atoms with Gasteiger partial charge in [-0.15, -0.1) is 0 Å². The number of hydrogen-bond donors (Lipinski definition) is 1. The first-order valence-corrected chi connectivity index (χ1v) is 11.8. The average molecular weight is 436 g/mol. The van der Waals surface area contributed by atoms with Gasteiger partial charge in [0.1, 0.15) is 5.69 Å². The molecule has 5 rings (SSSR count). The minimum atomic E-state index is -0.136. The fourth-order valence-electron chi connectivity index (χ4n) is 4.56. The van der Waals surface area contributed by atoms with Gasteiger partial charge in [0.05, 0.1) is 11.4 Å². The third-order valence-electron chi connectivity index (χ3n) is 6.34. The standard InChI is InChI=1S/C29H29N3O/c33-29-26(20-22-10-4-1-5-11-22)30-27(28(31-29)24-12-6-2-7-13-24)25-16-14-23(15-17-25)21-32-18-8-3-9-19-32/h1-2,4-7,10-17H,3,8-9,18-21H2,(H,31,33). The lowest BCUT2D eigenvalue weighted by Crippen LogP contribution is -2.29. The smallest absolute Gasteiger partial charge is 0.270 e. The zero-order valence-corrected chi connectivity index (χ0v) is 18.8. The van der Waals surface area contributed by atoms with Crippen LogP contribution >= 0.6 is 0 Å². The van der Waals surface area contributed by atoms with E-state index in [-0.39, 0.29) is 5.56 Å². The monoisotopic (exact) mass is 435 g/mol. The Balaban J connectivity index is 1.51. The molecule has 0 aliphatic carbocycles. The van der Waals surface area contributed by atoms with Gasteiger partial charge in [-0.05, 0) is 37.1 Å². The van der Waals surface area contributed by atoms with E-state index in [1.165, 1.54) is 37.9 Å². The highest BCUT2D eigenvalue weighted by atomic mass is 16.1. The van der Waals surface area contributed by atoms with Crippen molar-refractivity contribution in [2.75, 3.05) is 13.1 Å². The normalized spacial score (nSPS) is 14.3. The number of nitrogens with one attached hydrogen (secondary N) is 1. The number of aromatic nitrogens is 2. The summed E-state index contributed by atoms with van der Waals surface area (Å²) < 4.78 is 0. The van der Waals surface area contributed by atoms with E-state index in [0.717, 1.165) is 34.6 Å². The molecule has 1 aliphatic heterocycles. The van der Waals surface area contributed by atoms with Gasteiger partial charge >= 0.3 is 0 Å². The van der Waals surface area contributed by atoms with Crippen LogP contribution in [0.2, 0.25) is 0 Å². The number of benzene rings is 3. The van der Waals surface area contributed by atoms with Gasteiger partial charge in [-0.2, -0.15) is 0 Å². The van der Waals surface area contributed by atoms with E-state index >= 15 is 0 Å². The number of H-pyrrole nitrogens is 1. The van der Waals surface area contributed by atoms with E-state index in [4.69, 9.17) is 4.98 Å². The van der Waals surface area contributed by atoms with E-state index < -0.39 is 0 Å². The molecule has 0 radical (unpaired) electrons. The van der Waals surface area contributed by atoms with Gasteiger partial charge in [0.15, 0.2) is 0 Å². The van der Waals surface area contributed by atoms with Crippen molar-refractivity contribution in [1.82, 2.24) is 14.9 Å². The van der Waals surface area contributed by atoms with Crippen molar-refractivity contribution in [3.63, 3.8) is 0 Å². The van der Waals surface area contributed by atoms with Crippen LogP contribution in [0.4, 0.5) is 0 Å². The van der Waals surface area contributed by atoms with Crippen LogP contribution in [0.15, 0.2) is 89.7 Å². The van der Waals surface area contributed by atoms with Crippen LogP contribution in [-0.2, 0) is 13.0 Å². The lowest BCUT2D eigenvalue weighted by molar-refractivity contribution is 0.221. The molecule has 1 aliphatic rings. The molecule has 3 aromatic carbocycles. The Bertz CT molecular complexity index is 1240. The second-order valence-corrected chi connectivity index (χ2v) is 8.80. The van der Waals surface area contributed by atoms with Gasteiger partial charge in [-0.3, -0.25) is 9.69 Å². The number of aromatic amines is 1. The number of piperidine rings is 1. The summed E-state index contributed by atoms with van der Waals surface area (Å²) in [6.07, 6.45) is 4.44. The number of likely N-dealkylation sites (tertiary alicyclic amines) is 1. The quantitative estimate of drug-likeness (QED) is 0.424. The van der Waals surface area contributed by atoms with E-state index in [0.29, 0.717) is 12.1 Å². The molecule has 1 fully saturated rings. The molecule has 4 aromatic rings. The molecule has 4 nitrogen and oxygen atoms in total. The Morgan fingerprint density at radius 1 is 0.727 bits per heavy atom. The van der Waals surface area contributed by atoms with E-state index in [1.54, 1.807) is 0 Å². The second kappa shape index (κ2) is 9.97. The van der Waals surface area contributed by atoms with Crippen LogP contribution in [-0.4, -0.2) is 28.0 Å². The highest BCUT2D eigenvalue weighted by molar-refractivity contribution is 5.77. The minimum Gasteiger partial charge on any atom is -0.318 e. The van der Waals surface area contributed by atoms with E-state index in [2.05, 4.69) is 34.1 Å². The molecule has 1 N–H and O–H groups in total. The maximum Gasteiger partial charge on any atom is 0.270 e. The summed E-state index contributed by atoms with van der Waals surface area (Å²) in [6, 6.07) is 28.7. The van der Waals surface area contributed by atoms with E-state index in [1.807, 2.05) is 60.7 Å². The summed E-state index contributed by atoms with van der Waals surface area (Å²) in [5.74, 6) is 0. The van der Waals surface area contributed by atoms with Crippen molar-refractivity contribution in [2.45, 2.75) is 32.2 Å². The molecule has 166 valence electrons. The average Bonchev–Trinajstić information content (AvgIpc) is 2.87. The fraction of sp³-hybridized carbons (Fsp3) is 0.241. The summed E-state index contributed by atoms with van der Waals surface area (Å²) >= 11 is 0. The van der Waals surface area contributed by atoms with Crippen molar-refractivity contribution in [3.8, 4) is 22.5 Å². The predicted octanol–water partition coefficient (Wildman–Crippen LogP) is 5.68. The van der Waals surface area contributed by atoms with Gasteiger partial charge in [0, 0.05) is 24.1 Å². The fourth-order valence-corrected chi connectivity index (χ4v) is 4.56. The highest BCUT2D eigenvalue weighted by Gasteiger charge is 2.15. The van der Waals surface area contributed by atoms with Crippen LogP contribution in [0, 0.1) is 0 Å². The molecule has 0 spiro atoms. The summed E-state index contributed by atoms with van der Waals surface area (Å²) in [4.78, 5) is 23.5. The van der Waals surface area contributed by atoms with Crippen molar-refractivity contribution < 1.29 is 0 Å². The molecule has 0 atom stereocenters. The zero-order chi connectivity index (χ0) is 22.5. The molecule has 4 heteroatoms. The molecule has 0 bridgehead atoms. The first-order chi connectivity index (χ1) is 16.3. The van der Waals surface area contributed by atoms with Crippen LogP contribution in [0.5, 0.6) is 0 Å². The third kappa shape index (κ3) is 5.12. The Morgan fingerprint density at radius 3 is 2.09 bits per heavy atom. The lowest BCUT2D eigenvalue weighted by atomic mass is 10.0. The third-order valence-corrected chi connectivity index (χ3v) is 6.34. The van der Waals surface area contributed by atoms with Gasteiger partial charge in [-0.1, -0.05) is 91.3 Å². The highest BCUT2D eigenvalue weighted by Crippen LogP contribution is 2.29. The lowest BCUT2D eigenvalue weighted by Gasteiger charge is -2.26. The Morgan fingerprint density at radius 2 is 1.39 bits per heavy atom. The van der Waals surface area contributed by atoms with Gasteiger partial charge in [0.25, 0.3) is 5.56 Å². The van der Waals surface area contributed by atoms with Crippen LogP contribution in [0.25, 0.3) is 22.5 Å². The summed E-state index contributed by atoms with van der Waals surface area (Å²) in [5.41, 5.74) is 6.35. The van der Waals surface area contributed by atoms with Crippen molar-refractivity contribution in [3.05, 3.63) is 112 Å². The molecule has 0 saturated carbocycles. The van der Waals surface area contributed by atoms with Crippen molar-refractivity contribution in [2.24, 2.45) is 0 Å². The van der Waals surface area contributed by atoms with Gasteiger partial charge in [0.2, 0.25) is 0 Å². The largest absolute Gasteiger partial charge is 0.318 e. The molecule has 0 unspecified atom stereocenters. The number of rotatable bonds is 6. The molecule has 0 amide bonds. The summed E-state index contributed by atoms with van der Waals surface area (Å²) in [5, 5.41) is 0. The van der Waals surface area contributed by atoms with Crippen LogP contribution < -0.4 is 5.56 Å². The number of nitrogens with zero attached hydrogens (tertiary/aromatic N) is 2. The maximum absolute atomic E-state index is 13.0. The van der Waals surface area contributed by atoms with Gasteiger partial charge < -0.3 is 4.98 Å². The second-order valence-electron chi connectivity index (χ2n) is 8.80. The molecular weight excluding hydrogens is 406 g/mol. The van der Waals surface area contributed by atoms with Crippen molar-refractivity contribution >= 4 is 0 Å².